The van der Waals surface area contributed by atoms with Gasteiger partial charge in [0.2, 0.25) is 0 Å². The van der Waals surface area contributed by atoms with Crippen LogP contribution in [-0.4, -0.2) is 45.9 Å². The van der Waals surface area contributed by atoms with Crippen molar-refractivity contribution in [2.24, 2.45) is 0 Å². The third kappa shape index (κ3) is 6.93. The van der Waals surface area contributed by atoms with Crippen molar-refractivity contribution in [3.05, 3.63) is 60.4 Å². The predicted molar refractivity (Wildman–Crippen MR) is 149 cm³/mol. The summed E-state index contributed by atoms with van der Waals surface area (Å²) in [5, 5.41) is 3.57. The Labute approximate surface area is 227 Å². The van der Waals surface area contributed by atoms with Crippen molar-refractivity contribution >= 4 is 41.5 Å². The zero-order valence-electron chi connectivity index (χ0n) is 22.5. The van der Waals surface area contributed by atoms with Crippen molar-refractivity contribution in [3.8, 4) is 5.75 Å². The number of nitrogens with one attached hydrogen (secondary N) is 1. The number of anilines is 1. The van der Waals surface area contributed by atoms with Gasteiger partial charge in [0.1, 0.15) is 29.7 Å². The smallest absolute Gasteiger partial charge is 0.459 e. The molecule has 0 saturated heterocycles. The minimum Gasteiger partial charge on any atom is -0.462 e. The summed E-state index contributed by atoms with van der Waals surface area (Å²) in [5.41, 5.74) is 8.31. The Balaban J connectivity index is 1.63. The van der Waals surface area contributed by atoms with Crippen molar-refractivity contribution in [2.75, 3.05) is 18.9 Å². The lowest BCUT2D eigenvalue weighted by atomic mass is 10.2. The van der Waals surface area contributed by atoms with E-state index in [2.05, 4.69) is 10.1 Å². The summed E-state index contributed by atoms with van der Waals surface area (Å²) in [7, 11) is -4.02. The maximum atomic E-state index is 13.9. The molecule has 0 aliphatic carbocycles. The quantitative estimate of drug-likeness (QED) is 0.174. The molecule has 208 valence electrons. The SMILES string of the molecule is CCOCc1nc2c(N)nc3ccccc3c2n1CCO[P@](=O)(N[C@@H](C)C(=O)OC(C)C)Oc1ccccc1. The van der Waals surface area contributed by atoms with E-state index < -0.39 is 19.8 Å². The second kappa shape index (κ2) is 12.6. The van der Waals surface area contributed by atoms with E-state index in [9.17, 15) is 9.36 Å². The van der Waals surface area contributed by atoms with Crippen LogP contribution in [0, 0.1) is 0 Å². The van der Waals surface area contributed by atoms with Crippen LogP contribution in [0.5, 0.6) is 5.75 Å². The summed E-state index contributed by atoms with van der Waals surface area (Å²) in [6, 6.07) is 15.3. The van der Waals surface area contributed by atoms with Gasteiger partial charge in [-0.2, -0.15) is 5.09 Å². The van der Waals surface area contributed by atoms with Gasteiger partial charge in [-0.15, -0.1) is 0 Å². The highest BCUT2D eigenvalue weighted by atomic mass is 31.2. The van der Waals surface area contributed by atoms with Crippen molar-refractivity contribution in [2.45, 2.75) is 53.0 Å². The van der Waals surface area contributed by atoms with E-state index in [1.165, 1.54) is 0 Å². The fourth-order valence-corrected chi connectivity index (χ4v) is 5.52. The predicted octanol–water partition coefficient (Wildman–Crippen LogP) is 4.84. The molecular weight excluding hydrogens is 521 g/mol. The number of pyridine rings is 1. The number of nitrogens with two attached hydrogens (primary N) is 1. The number of ether oxygens (including phenoxy) is 2. The van der Waals surface area contributed by atoms with Crippen LogP contribution in [-0.2, 0) is 36.5 Å². The number of carbonyl (C=O) groups excluding carboxylic acids is 1. The second-order valence-electron chi connectivity index (χ2n) is 9.10. The molecule has 11 nitrogen and oxygen atoms in total. The van der Waals surface area contributed by atoms with E-state index in [0.717, 1.165) is 16.4 Å². The minimum absolute atomic E-state index is 0.0375. The van der Waals surface area contributed by atoms with Crippen molar-refractivity contribution < 1.29 is 27.9 Å². The maximum absolute atomic E-state index is 13.9. The van der Waals surface area contributed by atoms with Gasteiger partial charge in [-0.25, -0.2) is 14.5 Å². The summed E-state index contributed by atoms with van der Waals surface area (Å²) in [4.78, 5) is 21.6. The number of aromatic nitrogens is 3. The van der Waals surface area contributed by atoms with E-state index in [1.54, 1.807) is 45.0 Å². The molecule has 0 bridgehead atoms. The number of fused-ring (bicyclic) bond motifs is 3. The van der Waals surface area contributed by atoms with E-state index in [1.807, 2.05) is 41.8 Å². The second-order valence-corrected chi connectivity index (χ2v) is 10.8. The number of nitrogen functional groups attached to an aromatic ring is 1. The lowest BCUT2D eigenvalue weighted by Gasteiger charge is -2.23. The average Bonchev–Trinajstić information content (AvgIpc) is 3.26. The zero-order chi connectivity index (χ0) is 28.0. The van der Waals surface area contributed by atoms with Gasteiger partial charge in [0, 0.05) is 18.5 Å². The molecule has 0 fully saturated rings. The van der Waals surface area contributed by atoms with Gasteiger partial charge in [-0.3, -0.25) is 9.32 Å². The molecule has 0 amide bonds. The van der Waals surface area contributed by atoms with Gasteiger partial charge in [-0.1, -0.05) is 36.4 Å². The molecule has 0 saturated carbocycles. The summed E-state index contributed by atoms with van der Waals surface area (Å²) >= 11 is 0. The molecule has 2 aromatic heterocycles. The molecule has 0 aliphatic rings. The third-order valence-electron chi connectivity index (χ3n) is 5.73. The molecule has 4 aromatic rings. The largest absolute Gasteiger partial charge is 0.462 e. The van der Waals surface area contributed by atoms with E-state index >= 15 is 0 Å². The Morgan fingerprint density at radius 3 is 2.51 bits per heavy atom. The third-order valence-corrected chi connectivity index (χ3v) is 7.40. The molecule has 39 heavy (non-hydrogen) atoms. The molecule has 0 aliphatic heterocycles. The molecule has 4 rings (SSSR count). The first kappa shape index (κ1) is 28.5. The van der Waals surface area contributed by atoms with Crippen molar-refractivity contribution in [1.82, 2.24) is 19.6 Å². The summed E-state index contributed by atoms with van der Waals surface area (Å²) in [6.07, 6.45) is -0.327. The van der Waals surface area contributed by atoms with Crippen LogP contribution < -0.4 is 15.3 Å². The Morgan fingerprint density at radius 1 is 1.08 bits per heavy atom. The maximum Gasteiger partial charge on any atom is 0.459 e. The molecular formula is C27H34N5O6P. The minimum atomic E-state index is -4.02. The molecule has 0 unspecified atom stereocenters. The lowest BCUT2D eigenvalue weighted by Crippen LogP contribution is -2.36. The number of hydrogen-bond acceptors (Lipinski definition) is 9. The number of hydrogen-bond donors (Lipinski definition) is 2. The topological polar surface area (TPSA) is 140 Å². The van der Waals surface area contributed by atoms with Crippen LogP contribution in [0.3, 0.4) is 0 Å². The fourth-order valence-electron chi connectivity index (χ4n) is 4.04. The van der Waals surface area contributed by atoms with Crippen LogP contribution in [0.1, 0.15) is 33.5 Å². The van der Waals surface area contributed by atoms with Crippen molar-refractivity contribution in [3.63, 3.8) is 0 Å². The zero-order valence-corrected chi connectivity index (χ0v) is 23.4. The van der Waals surface area contributed by atoms with Gasteiger partial charge >= 0.3 is 13.7 Å². The highest BCUT2D eigenvalue weighted by molar-refractivity contribution is 7.52. The fraction of sp³-hybridized carbons (Fsp3) is 0.370. The van der Waals surface area contributed by atoms with Gasteiger partial charge in [0.25, 0.3) is 0 Å². The number of carbonyl (C=O) groups is 1. The Morgan fingerprint density at radius 2 is 1.79 bits per heavy atom. The number of esters is 1. The van der Waals surface area contributed by atoms with Crippen LogP contribution in [0.2, 0.25) is 0 Å². The first-order valence-electron chi connectivity index (χ1n) is 12.8. The summed E-state index contributed by atoms with van der Waals surface area (Å²) in [5.74, 6) is 0.687. The highest BCUT2D eigenvalue weighted by Crippen LogP contribution is 2.45. The van der Waals surface area contributed by atoms with Gasteiger partial charge in [0.15, 0.2) is 5.82 Å². The number of imidazole rings is 1. The first-order chi connectivity index (χ1) is 18.7. The van der Waals surface area contributed by atoms with Crippen LogP contribution in [0.4, 0.5) is 5.82 Å². The monoisotopic (exact) mass is 555 g/mol. The first-order valence-corrected chi connectivity index (χ1v) is 14.3. The molecule has 2 aromatic carbocycles. The van der Waals surface area contributed by atoms with E-state index in [4.69, 9.17) is 29.2 Å². The van der Waals surface area contributed by atoms with Crippen LogP contribution >= 0.6 is 7.75 Å². The number of benzene rings is 2. The van der Waals surface area contributed by atoms with E-state index in [0.29, 0.717) is 29.5 Å². The van der Waals surface area contributed by atoms with Gasteiger partial charge in [0.05, 0.1) is 23.7 Å². The number of nitrogens with zero attached hydrogens (tertiary/aromatic N) is 3. The normalized spacial score (nSPS) is 14.0. The Hall–Kier alpha value is -3.50. The standard InChI is InChI=1S/C27H34N5O6P/c1-5-35-17-23-30-24-25(21-13-9-10-14-22(21)29-26(24)28)32(23)15-16-36-39(34,38-20-11-7-6-8-12-20)31-19(4)27(33)37-18(2)3/h6-14,18-19H,5,15-17H2,1-4H3,(H2,28,29)(H,31,34)/t19-,39+/m0/s1. The van der Waals surface area contributed by atoms with Crippen LogP contribution in [0.25, 0.3) is 21.9 Å². The molecule has 2 atom stereocenters. The molecule has 12 heteroatoms. The number of rotatable bonds is 13. The molecule has 0 spiro atoms. The Kier molecular flexibility index (Phi) is 9.19. The van der Waals surface area contributed by atoms with E-state index in [-0.39, 0.29) is 25.9 Å². The summed E-state index contributed by atoms with van der Waals surface area (Å²) in [6.45, 7) is 7.88. The number of para-hydroxylation sites is 2. The molecule has 0 radical (unpaired) electrons. The lowest BCUT2D eigenvalue weighted by molar-refractivity contribution is -0.149. The van der Waals surface area contributed by atoms with Gasteiger partial charge in [-0.05, 0) is 45.9 Å². The van der Waals surface area contributed by atoms with Crippen molar-refractivity contribution in [1.29, 1.82) is 0 Å². The average molecular weight is 556 g/mol. The Bertz CT molecular complexity index is 1480. The van der Waals surface area contributed by atoms with Gasteiger partial charge < -0.3 is 24.3 Å². The molecule has 2 heterocycles. The highest BCUT2D eigenvalue weighted by Gasteiger charge is 2.32. The summed E-state index contributed by atoms with van der Waals surface area (Å²) < 4.78 is 38.3. The van der Waals surface area contributed by atoms with Crippen LogP contribution in [0.15, 0.2) is 54.6 Å². The molecule has 3 N–H and O–H groups in total.